The van der Waals surface area contributed by atoms with Crippen molar-refractivity contribution in [3.05, 3.63) is 88.5 Å². The predicted octanol–water partition coefficient (Wildman–Crippen LogP) is 5.64. The molecule has 8 nitrogen and oxygen atoms in total. The van der Waals surface area contributed by atoms with E-state index in [1.807, 2.05) is 50.2 Å². The fraction of sp³-hybridized carbons (Fsp3) is 0.333. The lowest BCUT2D eigenvalue weighted by atomic mass is 9.94. The number of methoxy groups -OCH3 is 1. The molecular weight excluding hydrogens is 592 g/mol. The standard InChI is InChI=1S/C33H32F4N4O4/c1-18-13-22(41-11-12-45-17-28(41)33(35,36)37)15-26(34)29(18)31(42)40-27(32(43)44-4)14-21-9-10-25(24-8-6-5-7-23(21)24)30-38-16-19(2)20(3)39-30/h5-10,13,15-16,27-28H,11-12,14,17H2,1-4H3,(H,40,42)/t27-,28+/m0/s1. The highest BCUT2D eigenvalue weighted by Crippen LogP contribution is 2.33. The number of esters is 1. The molecule has 0 saturated carbocycles. The fourth-order valence-corrected chi connectivity index (χ4v) is 5.54. The van der Waals surface area contributed by atoms with Gasteiger partial charge < -0.3 is 19.7 Å². The summed E-state index contributed by atoms with van der Waals surface area (Å²) in [6.45, 7) is 4.63. The quantitative estimate of drug-likeness (QED) is 0.210. The first-order chi connectivity index (χ1) is 21.4. The van der Waals surface area contributed by atoms with Crippen molar-refractivity contribution in [3.8, 4) is 11.4 Å². The number of aromatic nitrogens is 2. The Hall–Kier alpha value is -4.58. The van der Waals surface area contributed by atoms with Crippen LogP contribution in [0.2, 0.25) is 0 Å². The van der Waals surface area contributed by atoms with E-state index < -0.39 is 42.6 Å². The summed E-state index contributed by atoms with van der Waals surface area (Å²) >= 11 is 0. The Balaban J connectivity index is 1.44. The van der Waals surface area contributed by atoms with Gasteiger partial charge in [0.05, 0.1) is 25.9 Å². The first kappa shape index (κ1) is 31.8. The second kappa shape index (κ2) is 12.8. The van der Waals surface area contributed by atoms with E-state index in [0.29, 0.717) is 11.4 Å². The third-order valence-corrected chi connectivity index (χ3v) is 8.03. The van der Waals surface area contributed by atoms with Gasteiger partial charge in [-0.3, -0.25) is 4.79 Å². The van der Waals surface area contributed by atoms with E-state index in [9.17, 15) is 22.8 Å². The molecule has 1 N–H and O–H groups in total. The molecule has 5 rings (SSSR count). The number of hydrogen-bond donors (Lipinski definition) is 1. The van der Waals surface area contributed by atoms with Gasteiger partial charge in [0.1, 0.15) is 17.9 Å². The molecule has 0 aliphatic carbocycles. The Morgan fingerprint density at radius 2 is 1.82 bits per heavy atom. The van der Waals surface area contributed by atoms with E-state index >= 15 is 4.39 Å². The number of anilines is 1. The smallest absolute Gasteiger partial charge is 0.411 e. The van der Waals surface area contributed by atoms with Crippen LogP contribution in [0.3, 0.4) is 0 Å². The van der Waals surface area contributed by atoms with Crippen molar-refractivity contribution in [2.24, 2.45) is 0 Å². The molecule has 0 unspecified atom stereocenters. The summed E-state index contributed by atoms with van der Waals surface area (Å²) in [7, 11) is 1.18. The fourth-order valence-electron chi connectivity index (χ4n) is 5.54. The Morgan fingerprint density at radius 1 is 1.09 bits per heavy atom. The minimum Gasteiger partial charge on any atom is -0.467 e. The summed E-state index contributed by atoms with van der Waals surface area (Å²) in [4.78, 5) is 36.4. The topological polar surface area (TPSA) is 93.7 Å². The third kappa shape index (κ3) is 6.60. The minimum absolute atomic E-state index is 0.0176. The second-order valence-corrected chi connectivity index (χ2v) is 11.0. The van der Waals surface area contributed by atoms with Crippen molar-refractivity contribution in [2.75, 3.05) is 31.8 Å². The number of alkyl halides is 3. The van der Waals surface area contributed by atoms with Crippen LogP contribution >= 0.6 is 0 Å². The van der Waals surface area contributed by atoms with E-state index in [1.165, 1.54) is 20.1 Å². The maximum Gasteiger partial charge on any atom is 0.411 e. The van der Waals surface area contributed by atoms with Crippen LogP contribution in [0, 0.1) is 26.6 Å². The number of halogens is 4. The van der Waals surface area contributed by atoms with Crippen molar-refractivity contribution in [3.63, 3.8) is 0 Å². The average molecular weight is 625 g/mol. The number of carbonyl (C=O) groups is 2. The summed E-state index contributed by atoms with van der Waals surface area (Å²) in [6, 6.07) is 10.3. The number of morpholine rings is 1. The van der Waals surface area contributed by atoms with Gasteiger partial charge in [-0.1, -0.05) is 36.4 Å². The van der Waals surface area contributed by atoms with E-state index in [-0.39, 0.29) is 36.4 Å². The average Bonchev–Trinajstić information content (AvgIpc) is 3.01. The van der Waals surface area contributed by atoms with Gasteiger partial charge in [-0.25, -0.2) is 19.2 Å². The van der Waals surface area contributed by atoms with Gasteiger partial charge in [0.2, 0.25) is 0 Å². The van der Waals surface area contributed by atoms with Crippen LogP contribution in [0.1, 0.15) is 32.7 Å². The zero-order valence-electron chi connectivity index (χ0n) is 25.2. The number of carbonyl (C=O) groups excluding carboxylic acids is 2. The van der Waals surface area contributed by atoms with Crippen LogP contribution in [0.25, 0.3) is 22.2 Å². The molecule has 0 radical (unpaired) electrons. The molecule has 12 heteroatoms. The molecular formula is C33H32F4N4O4. The molecule has 1 saturated heterocycles. The molecule has 0 bridgehead atoms. The molecule has 3 aromatic carbocycles. The van der Waals surface area contributed by atoms with Gasteiger partial charge in [-0.15, -0.1) is 0 Å². The van der Waals surface area contributed by atoms with Crippen LogP contribution < -0.4 is 10.2 Å². The SMILES string of the molecule is COC(=O)[C@H](Cc1ccc(-c2ncc(C)c(C)n2)c2ccccc12)NC(=O)c1c(C)cc(N2CCOC[C@@H]2C(F)(F)F)cc1F. The van der Waals surface area contributed by atoms with Crippen molar-refractivity contribution < 1.29 is 36.6 Å². The van der Waals surface area contributed by atoms with E-state index in [0.717, 1.165) is 38.6 Å². The van der Waals surface area contributed by atoms with E-state index in [2.05, 4.69) is 15.3 Å². The molecule has 45 heavy (non-hydrogen) atoms. The summed E-state index contributed by atoms with van der Waals surface area (Å²) < 4.78 is 66.3. The van der Waals surface area contributed by atoms with Gasteiger partial charge in [-0.2, -0.15) is 13.2 Å². The zero-order valence-corrected chi connectivity index (χ0v) is 25.2. The summed E-state index contributed by atoms with van der Waals surface area (Å²) in [5.74, 6) is -2.11. The van der Waals surface area contributed by atoms with Crippen molar-refractivity contribution >= 4 is 28.3 Å². The lowest BCUT2D eigenvalue weighted by Crippen LogP contribution is -2.53. The number of ether oxygens (including phenoxy) is 2. The number of amides is 1. The summed E-state index contributed by atoms with van der Waals surface area (Å²) in [5, 5.41) is 4.22. The van der Waals surface area contributed by atoms with Gasteiger partial charge in [0, 0.05) is 36.1 Å². The molecule has 1 aromatic heterocycles. The molecule has 2 heterocycles. The highest BCUT2D eigenvalue weighted by atomic mass is 19.4. The zero-order chi connectivity index (χ0) is 32.5. The van der Waals surface area contributed by atoms with Crippen molar-refractivity contribution in [1.82, 2.24) is 15.3 Å². The largest absolute Gasteiger partial charge is 0.467 e. The number of nitrogens with one attached hydrogen (secondary N) is 1. The number of hydrogen-bond acceptors (Lipinski definition) is 7. The Morgan fingerprint density at radius 3 is 2.49 bits per heavy atom. The second-order valence-electron chi connectivity index (χ2n) is 11.0. The first-order valence-electron chi connectivity index (χ1n) is 14.3. The Kier molecular flexibility index (Phi) is 9.06. The van der Waals surface area contributed by atoms with Crippen LogP contribution in [-0.4, -0.2) is 67.0 Å². The van der Waals surface area contributed by atoms with Gasteiger partial charge in [-0.05, 0) is 60.4 Å². The molecule has 1 aliphatic rings. The molecule has 1 amide bonds. The highest BCUT2D eigenvalue weighted by molar-refractivity contribution is 6.00. The first-order valence-corrected chi connectivity index (χ1v) is 14.3. The molecule has 236 valence electrons. The summed E-state index contributed by atoms with van der Waals surface area (Å²) in [5.41, 5.74) is 3.04. The third-order valence-electron chi connectivity index (χ3n) is 8.03. The van der Waals surface area contributed by atoms with Crippen LogP contribution in [0.4, 0.5) is 23.2 Å². The molecule has 1 aliphatic heterocycles. The number of fused-ring (bicyclic) bond motifs is 1. The van der Waals surface area contributed by atoms with E-state index in [1.54, 1.807) is 6.20 Å². The highest BCUT2D eigenvalue weighted by Gasteiger charge is 2.45. The molecule has 0 spiro atoms. The summed E-state index contributed by atoms with van der Waals surface area (Å²) in [6.07, 6.45) is -2.82. The van der Waals surface area contributed by atoms with Gasteiger partial charge in [0.15, 0.2) is 5.82 Å². The van der Waals surface area contributed by atoms with Crippen LogP contribution in [0.15, 0.2) is 54.7 Å². The predicted molar refractivity (Wildman–Crippen MR) is 161 cm³/mol. The Labute approximate surface area is 257 Å². The minimum atomic E-state index is -4.59. The normalized spacial score (nSPS) is 16.0. The number of aryl methyl sites for hydroxylation is 3. The molecule has 2 atom stereocenters. The molecule has 1 fully saturated rings. The maximum absolute atomic E-state index is 15.4. The number of rotatable bonds is 7. The van der Waals surface area contributed by atoms with Gasteiger partial charge >= 0.3 is 12.1 Å². The number of nitrogens with zero attached hydrogens (tertiary/aromatic N) is 3. The van der Waals surface area contributed by atoms with Crippen molar-refractivity contribution in [2.45, 2.75) is 45.5 Å². The van der Waals surface area contributed by atoms with E-state index in [4.69, 9.17) is 9.47 Å². The Bertz CT molecular complexity index is 1740. The van der Waals surface area contributed by atoms with Crippen molar-refractivity contribution in [1.29, 1.82) is 0 Å². The molecule has 4 aromatic rings. The monoisotopic (exact) mass is 624 g/mol. The number of benzene rings is 3. The van der Waals surface area contributed by atoms with Crippen LogP contribution in [-0.2, 0) is 20.7 Å². The lowest BCUT2D eigenvalue weighted by molar-refractivity contribution is -0.167. The maximum atomic E-state index is 15.4. The van der Waals surface area contributed by atoms with Crippen LogP contribution in [0.5, 0.6) is 0 Å². The van der Waals surface area contributed by atoms with Gasteiger partial charge in [0.25, 0.3) is 5.91 Å². The lowest BCUT2D eigenvalue weighted by Gasteiger charge is -2.38.